The zero-order chi connectivity index (χ0) is 12.0. The molecule has 5 heteroatoms. The van der Waals surface area contributed by atoms with E-state index in [-0.39, 0.29) is 11.9 Å². The molecule has 0 aromatic carbocycles. The maximum absolute atomic E-state index is 11.8. The fourth-order valence-corrected chi connectivity index (χ4v) is 2.32. The van der Waals surface area contributed by atoms with Gasteiger partial charge in [0.1, 0.15) is 10.3 Å². The fraction of sp³-hybridized carbons (Fsp3) is 0.455. The van der Waals surface area contributed by atoms with Crippen molar-refractivity contribution >= 4 is 33.6 Å². The van der Waals surface area contributed by atoms with Crippen LogP contribution in [0.25, 0.3) is 0 Å². The fourth-order valence-electron chi connectivity index (χ4n) is 1.26. The Morgan fingerprint density at radius 1 is 1.62 bits per heavy atom. The number of nitrogens with zero attached hydrogens (tertiary/aromatic N) is 1. The van der Waals surface area contributed by atoms with Crippen molar-refractivity contribution in [1.82, 2.24) is 10.3 Å². The van der Waals surface area contributed by atoms with Gasteiger partial charge in [0.2, 0.25) is 0 Å². The van der Waals surface area contributed by atoms with Crippen LogP contribution in [0.5, 0.6) is 0 Å². The Balaban J connectivity index is 2.64. The molecule has 1 unspecified atom stereocenters. The smallest absolute Gasteiger partial charge is 0.270 e. The molecule has 0 aliphatic heterocycles. The average Bonchev–Trinajstić information content (AvgIpc) is 2.28. The lowest BCUT2D eigenvalue weighted by molar-refractivity contribution is 0.0935. The van der Waals surface area contributed by atoms with Gasteiger partial charge in [-0.1, -0.05) is 13.0 Å². The highest BCUT2D eigenvalue weighted by atomic mass is 79.9. The summed E-state index contributed by atoms with van der Waals surface area (Å²) in [6, 6.07) is 5.53. The molecule has 1 aromatic heterocycles. The van der Waals surface area contributed by atoms with Crippen molar-refractivity contribution in [3.05, 3.63) is 28.5 Å². The quantitative estimate of drug-likeness (QED) is 0.851. The van der Waals surface area contributed by atoms with Gasteiger partial charge in [0.25, 0.3) is 5.91 Å². The van der Waals surface area contributed by atoms with Crippen LogP contribution in [0.1, 0.15) is 23.8 Å². The van der Waals surface area contributed by atoms with Crippen LogP contribution in [0, 0.1) is 0 Å². The molecule has 3 nitrogen and oxygen atoms in total. The predicted molar refractivity (Wildman–Crippen MR) is 71.9 cm³/mol. The second kappa shape index (κ2) is 6.91. The van der Waals surface area contributed by atoms with E-state index in [1.165, 1.54) is 0 Å². The summed E-state index contributed by atoms with van der Waals surface area (Å²) in [4.78, 5) is 16.0. The second-order valence-electron chi connectivity index (χ2n) is 3.38. The Kier molecular flexibility index (Phi) is 5.84. The summed E-state index contributed by atoms with van der Waals surface area (Å²) in [7, 11) is 0. The first-order valence-electron chi connectivity index (χ1n) is 5.09. The van der Waals surface area contributed by atoms with Crippen molar-refractivity contribution in [2.24, 2.45) is 0 Å². The van der Waals surface area contributed by atoms with Gasteiger partial charge in [0, 0.05) is 11.8 Å². The van der Waals surface area contributed by atoms with Crippen LogP contribution in [0.15, 0.2) is 22.8 Å². The second-order valence-corrected chi connectivity index (χ2v) is 5.10. The zero-order valence-electron chi connectivity index (χ0n) is 9.37. The van der Waals surface area contributed by atoms with E-state index in [1.54, 1.807) is 23.9 Å². The molecule has 1 heterocycles. The van der Waals surface area contributed by atoms with E-state index in [0.717, 1.165) is 12.2 Å². The monoisotopic (exact) mass is 302 g/mol. The molecule has 88 valence electrons. The Labute approximate surface area is 109 Å². The van der Waals surface area contributed by atoms with Crippen molar-refractivity contribution in [2.45, 2.75) is 19.4 Å². The number of halogens is 1. The summed E-state index contributed by atoms with van der Waals surface area (Å²) in [5.41, 5.74) is 0.453. The lowest BCUT2D eigenvalue weighted by Gasteiger charge is -2.15. The number of carbonyl (C=O) groups is 1. The van der Waals surface area contributed by atoms with Crippen LogP contribution in [0.3, 0.4) is 0 Å². The van der Waals surface area contributed by atoms with E-state index in [0.29, 0.717) is 10.3 Å². The summed E-state index contributed by atoms with van der Waals surface area (Å²) in [6.07, 6.45) is 2.97. The number of amides is 1. The Bertz CT molecular complexity index is 360. The van der Waals surface area contributed by atoms with Gasteiger partial charge in [-0.05, 0) is 40.7 Å². The maximum atomic E-state index is 11.8. The minimum Gasteiger partial charge on any atom is -0.347 e. The molecule has 1 amide bonds. The standard InChI is InChI=1S/C11H15BrN2OS/c1-3-8(7-16-2)13-11(15)9-5-4-6-10(12)14-9/h4-6,8H,3,7H2,1-2H3,(H,13,15). The lowest BCUT2D eigenvalue weighted by atomic mass is 10.2. The first-order chi connectivity index (χ1) is 7.67. The minimum atomic E-state index is -0.109. The zero-order valence-corrected chi connectivity index (χ0v) is 11.8. The van der Waals surface area contributed by atoms with E-state index >= 15 is 0 Å². The molecule has 0 aliphatic carbocycles. The molecule has 0 saturated carbocycles. The Morgan fingerprint density at radius 3 is 2.94 bits per heavy atom. The lowest BCUT2D eigenvalue weighted by Crippen LogP contribution is -2.36. The summed E-state index contributed by atoms with van der Waals surface area (Å²) in [5.74, 6) is 0.818. The van der Waals surface area contributed by atoms with Crippen LogP contribution in [0.4, 0.5) is 0 Å². The number of aromatic nitrogens is 1. The van der Waals surface area contributed by atoms with Gasteiger partial charge in [-0.3, -0.25) is 4.79 Å². The van der Waals surface area contributed by atoms with E-state index in [2.05, 4.69) is 33.2 Å². The minimum absolute atomic E-state index is 0.109. The van der Waals surface area contributed by atoms with Gasteiger partial charge < -0.3 is 5.32 Å². The molecule has 1 atom stereocenters. The molecule has 1 N–H and O–H groups in total. The van der Waals surface area contributed by atoms with Crippen LogP contribution < -0.4 is 5.32 Å². The van der Waals surface area contributed by atoms with Crippen LogP contribution in [-0.4, -0.2) is 28.9 Å². The van der Waals surface area contributed by atoms with Gasteiger partial charge in [-0.2, -0.15) is 11.8 Å². The predicted octanol–water partition coefficient (Wildman–Crippen LogP) is 2.72. The molecule has 0 spiro atoms. The highest BCUT2D eigenvalue weighted by Crippen LogP contribution is 2.07. The Hall–Kier alpha value is -0.550. The maximum Gasteiger partial charge on any atom is 0.270 e. The van der Waals surface area contributed by atoms with E-state index in [4.69, 9.17) is 0 Å². The van der Waals surface area contributed by atoms with Gasteiger partial charge in [-0.15, -0.1) is 0 Å². The number of hydrogen-bond acceptors (Lipinski definition) is 3. The number of rotatable bonds is 5. The average molecular weight is 303 g/mol. The van der Waals surface area contributed by atoms with Gasteiger partial charge in [0.15, 0.2) is 0 Å². The van der Waals surface area contributed by atoms with Crippen LogP contribution in [-0.2, 0) is 0 Å². The van der Waals surface area contributed by atoms with Gasteiger partial charge >= 0.3 is 0 Å². The van der Waals surface area contributed by atoms with Crippen molar-refractivity contribution in [2.75, 3.05) is 12.0 Å². The van der Waals surface area contributed by atoms with E-state index in [1.807, 2.05) is 12.3 Å². The van der Waals surface area contributed by atoms with Crippen molar-refractivity contribution in [3.63, 3.8) is 0 Å². The summed E-state index contributed by atoms with van der Waals surface area (Å²) in [6.45, 7) is 2.06. The van der Waals surface area contributed by atoms with E-state index < -0.39 is 0 Å². The molecule has 1 rings (SSSR count). The topological polar surface area (TPSA) is 42.0 Å². The normalized spacial score (nSPS) is 12.2. The van der Waals surface area contributed by atoms with E-state index in [9.17, 15) is 4.79 Å². The highest BCUT2D eigenvalue weighted by molar-refractivity contribution is 9.10. The number of carbonyl (C=O) groups excluding carboxylic acids is 1. The van der Waals surface area contributed by atoms with Crippen LogP contribution >= 0.6 is 27.7 Å². The molecular formula is C11H15BrN2OS. The van der Waals surface area contributed by atoms with Crippen molar-refractivity contribution in [1.29, 1.82) is 0 Å². The van der Waals surface area contributed by atoms with Gasteiger partial charge in [-0.25, -0.2) is 4.98 Å². The summed E-state index contributed by atoms with van der Waals surface area (Å²) in [5, 5.41) is 2.97. The number of nitrogens with one attached hydrogen (secondary N) is 1. The van der Waals surface area contributed by atoms with Gasteiger partial charge in [0.05, 0.1) is 0 Å². The summed E-state index contributed by atoms with van der Waals surface area (Å²) >= 11 is 4.98. The molecule has 0 fully saturated rings. The number of thioether (sulfide) groups is 1. The van der Waals surface area contributed by atoms with Crippen molar-refractivity contribution in [3.8, 4) is 0 Å². The number of hydrogen-bond donors (Lipinski definition) is 1. The molecule has 1 aromatic rings. The largest absolute Gasteiger partial charge is 0.347 e. The third-order valence-corrected chi connectivity index (χ3v) is 3.32. The Morgan fingerprint density at radius 2 is 2.38 bits per heavy atom. The first kappa shape index (κ1) is 13.5. The molecule has 0 bridgehead atoms. The molecule has 0 aliphatic rings. The molecule has 0 saturated heterocycles. The molecular weight excluding hydrogens is 288 g/mol. The van der Waals surface area contributed by atoms with Crippen LogP contribution in [0.2, 0.25) is 0 Å². The first-order valence-corrected chi connectivity index (χ1v) is 7.28. The third-order valence-electron chi connectivity index (χ3n) is 2.14. The SMILES string of the molecule is CCC(CSC)NC(=O)c1cccc(Br)n1. The number of pyridine rings is 1. The molecule has 0 radical (unpaired) electrons. The summed E-state index contributed by atoms with van der Waals surface area (Å²) < 4.78 is 0.679. The van der Waals surface area contributed by atoms with Crippen molar-refractivity contribution < 1.29 is 4.79 Å². The highest BCUT2D eigenvalue weighted by Gasteiger charge is 2.12. The molecule has 16 heavy (non-hydrogen) atoms. The third kappa shape index (κ3) is 4.14.